The molecule has 1 fully saturated rings. The van der Waals surface area contributed by atoms with E-state index in [1.54, 1.807) is 24.4 Å². The second-order valence-corrected chi connectivity index (χ2v) is 7.49. The van der Waals surface area contributed by atoms with E-state index in [0.29, 0.717) is 24.8 Å². The lowest BCUT2D eigenvalue weighted by atomic mass is 10.1. The Bertz CT molecular complexity index is 1170. The lowest BCUT2D eigenvalue weighted by Crippen LogP contribution is -2.36. The number of anilines is 2. The number of carbonyl (C=O) groups is 3. The number of hydrogen-bond donors (Lipinski definition) is 1. The maximum atomic E-state index is 12.8. The molecule has 2 aliphatic rings. The first-order chi connectivity index (χ1) is 15.6. The number of furan rings is 1. The molecule has 2 aliphatic heterocycles. The van der Waals surface area contributed by atoms with Crippen LogP contribution in [0.5, 0.6) is 0 Å². The van der Waals surface area contributed by atoms with Crippen molar-refractivity contribution >= 4 is 29.2 Å². The van der Waals surface area contributed by atoms with E-state index in [-0.39, 0.29) is 23.2 Å². The van der Waals surface area contributed by atoms with E-state index in [9.17, 15) is 14.4 Å². The number of aromatic nitrogens is 1. The van der Waals surface area contributed by atoms with Crippen LogP contribution >= 0.6 is 0 Å². The number of carbonyl (C=O) groups excluding carboxylic acids is 3. The van der Waals surface area contributed by atoms with Crippen LogP contribution in [-0.4, -0.2) is 53.9 Å². The van der Waals surface area contributed by atoms with Gasteiger partial charge in [-0.1, -0.05) is 0 Å². The van der Waals surface area contributed by atoms with Crippen molar-refractivity contribution in [3.8, 4) is 0 Å². The molecule has 0 spiro atoms. The number of fused-ring (bicyclic) bond motifs is 1. The summed E-state index contributed by atoms with van der Waals surface area (Å²) in [5.74, 6) is -0.375. The van der Waals surface area contributed by atoms with E-state index in [1.807, 2.05) is 6.07 Å². The van der Waals surface area contributed by atoms with Gasteiger partial charge in [0.05, 0.1) is 49.0 Å². The number of rotatable bonds is 5. The Morgan fingerprint density at radius 2 is 1.84 bits per heavy atom. The number of benzene rings is 1. The fraction of sp³-hybridized carbons (Fsp3) is 0.217. The number of hydrogen-bond acceptors (Lipinski definition) is 7. The van der Waals surface area contributed by atoms with Crippen LogP contribution in [0.25, 0.3) is 0 Å². The van der Waals surface area contributed by atoms with Gasteiger partial charge in [-0.3, -0.25) is 19.3 Å². The molecule has 1 aromatic carbocycles. The smallest absolute Gasteiger partial charge is 0.261 e. The fourth-order valence-corrected chi connectivity index (χ4v) is 3.79. The Morgan fingerprint density at radius 3 is 2.56 bits per heavy atom. The van der Waals surface area contributed by atoms with Gasteiger partial charge in [-0.15, -0.1) is 0 Å². The summed E-state index contributed by atoms with van der Waals surface area (Å²) >= 11 is 0. The minimum Gasteiger partial charge on any atom is -0.467 e. The highest BCUT2D eigenvalue weighted by molar-refractivity contribution is 6.22. The molecular formula is C23H20N4O5. The summed E-state index contributed by atoms with van der Waals surface area (Å²) in [6, 6.07) is 11.5. The highest BCUT2D eigenvalue weighted by Gasteiger charge is 2.36. The Labute approximate surface area is 183 Å². The molecule has 5 rings (SSSR count). The quantitative estimate of drug-likeness (QED) is 0.618. The average Bonchev–Trinajstić information content (AvgIpc) is 3.43. The number of nitrogens with zero attached hydrogens (tertiary/aromatic N) is 3. The third-order valence-corrected chi connectivity index (χ3v) is 5.49. The van der Waals surface area contributed by atoms with E-state index in [0.717, 1.165) is 23.7 Å². The van der Waals surface area contributed by atoms with Crippen LogP contribution in [-0.2, 0) is 11.3 Å². The molecule has 0 bridgehead atoms. The predicted molar refractivity (Wildman–Crippen MR) is 115 cm³/mol. The molecule has 3 aromatic rings. The van der Waals surface area contributed by atoms with Gasteiger partial charge in [0.1, 0.15) is 11.6 Å². The Morgan fingerprint density at radius 1 is 1.03 bits per heavy atom. The van der Waals surface area contributed by atoms with Gasteiger partial charge in [0, 0.05) is 18.7 Å². The van der Waals surface area contributed by atoms with Crippen LogP contribution in [0.2, 0.25) is 0 Å². The Kier molecular flexibility index (Phi) is 5.16. The van der Waals surface area contributed by atoms with Gasteiger partial charge < -0.3 is 19.4 Å². The number of amides is 3. The van der Waals surface area contributed by atoms with Crippen LogP contribution < -0.4 is 10.2 Å². The number of ether oxygens (including phenoxy) is 1. The molecule has 1 saturated heterocycles. The molecule has 0 saturated carbocycles. The van der Waals surface area contributed by atoms with E-state index in [2.05, 4.69) is 15.2 Å². The first-order valence-corrected chi connectivity index (χ1v) is 10.2. The second-order valence-electron chi connectivity index (χ2n) is 7.49. The van der Waals surface area contributed by atoms with Crippen LogP contribution in [0.15, 0.2) is 59.3 Å². The van der Waals surface area contributed by atoms with E-state index in [1.165, 1.54) is 24.5 Å². The molecule has 0 atom stereocenters. The molecule has 3 amide bonds. The highest BCUT2D eigenvalue weighted by atomic mass is 16.5. The maximum absolute atomic E-state index is 12.8. The minimum absolute atomic E-state index is 0.0420. The lowest BCUT2D eigenvalue weighted by molar-refractivity contribution is 0.0631. The second kappa shape index (κ2) is 8.27. The summed E-state index contributed by atoms with van der Waals surface area (Å²) in [4.78, 5) is 45.7. The largest absolute Gasteiger partial charge is 0.467 e. The van der Waals surface area contributed by atoms with Gasteiger partial charge in [0.15, 0.2) is 0 Å². The van der Waals surface area contributed by atoms with E-state index in [4.69, 9.17) is 9.15 Å². The Hall–Kier alpha value is -3.98. The van der Waals surface area contributed by atoms with E-state index >= 15 is 0 Å². The van der Waals surface area contributed by atoms with Crippen molar-refractivity contribution in [1.82, 2.24) is 9.88 Å². The van der Waals surface area contributed by atoms with Crippen molar-refractivity contribution in [2.75, 3.05) is 36.5 Å². The zero-order chi connectivity index (χ0) is 22.1. The molecule has 2 aromatic heterocycles. The summed E-state index contributed by atoms with van der Waals surface area (Å²) in [5.41, 5.74) is 1.70. The molecule has 162 valence electrons. The summed E-state index contributed by atoms with van der Waals surface area (Å²) in [7, 11) is 0. The van der Waals surface area contributed by atoms with Gasteiger partial charge >= 0.3 is 0 Å². The van der Waals surface area contributed by atoms with Crippen molar-refractivity contribution in [3.63, 3.8) is 0 Å². The molecule has 4 heterocycles. The molecule has 9 heteroatoms. The monoisotopic (exact) mass is 432 g/mol. The first-order valence-electron chi connectivity index (χ1n) is 10.2. The van der Waals surface area contributed by atoms with Gasteiger partial charge in [0.2, 0.25) is 0 Å². The first kappa shape index (κ1) is 20.0. The molecule has 0 unspecified atom stereocenters. The average molecular weight is 432 g/mol. The summed E-state index contributed by atoms with van der Waals surface area (Å²) in [5, 5.41) is 2.74. The van der Waals surface area contributed by atoms with Gasteiger partial charge in [0.25, 0.3) is 17.7 Å². The Balaban J connectivity index is 1.29. The molecule has 0 radical (unpaired) electrons. The van der Waals surface area contributed by atoms with Crippen molar-refractivity contribution in [3.05, 3.63) is 77.4 Å². The number of pyridine rings is 1. The van der Waals surface area contributed by atoms with Crippen LogP contribution in [0.1, 0.15) is 36.8 Å². The summed E-state index contributed by atoms with van der Waals surface area (Å²) in [6.07, 6.45) is 3.19. The van der Waals surface area contributed by atoms with Crippen molar-refractivity contribution in [1.29, 1.82) is 0 Å². The van der Waals surface area contributed by atoms with Crippen LogP contribution in [0, 0.1) is 0 Å². The van der Waals surface area contributed by atoms with Crippen LogP contribution in [0.4, 0.5) is 11.5 Å². The number of morpholine rings is 1. The fourth-order valence-electron chi connectivity index (χ4n) is 3.79. The van der Waals surface area contributed by atoms with Crippen molar-refractivity contribution < 1.29 is 23.5 Å². The molecule has 1 N–H and O–H groups in total. The van der Waals surface area contributed by atoms with Gasteiger partial charge in [-0.25, -0.2) is 4.98 Å². The molecular weight excluding hydrogens is 412 g/mol. The molecule has 32 heavy (non-hydrogen) atoms. The lowest BCUT2D eigenvalue weighted by Gasteiger charge is -2.28. The molecule has 9 nitrogen and oxygen atoms in total. The standard InChI is InChI=1S/C23H20N4O5/c28-21(25-20-6-4-16(13-24-20)26-7-10-31-11-8-26)15-3-5-18-19(12-15)23(30)27(22(18)29)14-17-2-1-9-32-17/h1-6,9,12-13H,7-8,10-11,14H2,(H,24,25,28). The summed E-state index contributed by atoms with van der Waals surface area (Å²) in [6.45, 7) is 2.99. The zero-order valence-electron chi connectivity index (χ0n) is 17.1. The third-order valence-electron chi connectivity index (χ3n) is 5.49. The number of nitrogens with one attached hydrogen (secondary N) is 1. The zero-order valence-corrected chi connectivity index (χ0v) is 17.1. The topological polar surface area (TPSA) is 105 Å². The minimum atomic E-state index is -0.455. The van der Waals surface area contributed by atoms with Gasteiger partial charge in [-0.2, -0.15) is 0 Å². The normalized spacial score (nSPS) is 15.8. The van der Waals surface area contributed by atoms with E-state index < -0.39 is 17.7 Å². The maximum Gasteiger partial charge on any atom is 0.261 e. The summed E-state index contributed by atoms with van der Waals surface area (Å²) < 4.78 is 10.6. The van der Waals surface area contributed by atoms with Gasteiger partial charge in [-0.05, 0) is 42.5 Å². The third kappa shape index (κ3) is 3.74. The van der Waals surface area contributed by atoms with Crippen LogP contribution in [0.3, 0.4) is 0 Å². The number of imide groups is 1. The highest BCUT2D eigenvalue weighted by Crippen LogP contribution is 2.26. The predicted octanol–water partition coefficient (Wildman–Crippen LogP) is 2.56. The SMILES string of the molecule is O=C(Nc1ccc(N2CCOCC2)cn1)c1ccc2c(c1)C(=O)N(Cc1ccco1)C2=O. The molecule has 0 aliphatic carbocycles. The van der Waals surface area contributed by atoms with Crippen molar-refractivity contribution in [2.45, 2.75) is 6.54 Å². The van der Waals surface area contributed by atoms with Crippen molar-refractivity contribution in [2.24, 2.45) is 0 Å².